The van der Waals surface area contributed by atoms with Gasteiger partial charge in [0, 0.05) is 6.04 Å². The van der Waals surface area contributed by atoms with Crippen LogP contribution in [0.2, 0.25) is 0 Å². The van der Waals surface area contributed by atoms with Crippen LogP contribution in [-0.4, -0.2) is 23.3 Å². The van der Waals surface area contributed by atoms with Gasteiger partial charge in [-0.15, -0.1) is 0 Å². The lowest BCUT2D eigenvalue weighted by molar-refractivity contribution is 0.0572. The van der Waals surface area contributed by atoms with Gasteiger partial charge in [-0.05, 0) is 57.6 Å². The van der Waals surface area contributed by atoms with E-state index in [0.717, 1.165) is 25.8 Å². The fraction of sp³-hybridized carbons (Fsp3) is 0.833. The maximum absolute atomic E-state index is 10.5. The number of hydrogen-bond acceptors (Lipinski definition) is 2. The van der Waals surface area contributed by atoms with Crippen LogP contribution in [0.25, 0.3) is 0 Å². The molecule has 0 aromatic heterocycles. The summed E-state index contributed by atoms with van der Waals surface area (Å²) in [5.74, 6) is 0. The highest BCUT2D eigenvalue weighted by Gasteiger charge is 2.36. The molecule has 1 aliphatic heterocycles. The average molecular weight is 195 g/mol. The maximum atomic E-state index is 10.5. The summed E-state index contributed by atoms with van der Waals surface area (Å²) >= 11 is 0. The summed E-state index contributed by atoms with van der Waals surface area (Å²) in [4.78, 5) is 0. The molecule has 2 atom stereocenters. The minimum atomic E-state index is -0.600. The lowest BCUT2D eigenvalue weighted by atomic mass is 9.81. The molecule has 0 amide bonds. The predicted molar refractivity (Wildman–Crippen MR) is 58.2 cm³/mol. The van der Waals surface area contributed by atoms with Crippen LogP contribution < -0.4 is 5.32 Å². The summed E-state index contributed by atoms with van der Waals surface area (Å²) in [6.45, 7) is 3.04. The molecule has 0 spiro atoms. The highest BCUT2D eigenvalue weighted by Crippen LogP contribution is 2.32. The van der Waals surface area contributed by atoms with Crippen molar-refractivity contribution < 1.29 is 5.11 Å². The van der Waals surface area contributed by atoms with Crippen molar-refractivity contribution in [3.8, 4) is 0 Å². The fourth-order valence-corrected chi connectivity index (χ4v) is 2.69. The van der Waals surface area contributed by atoms with Crippen molar-refractivity contribution in [2.75, 3.05) is 6.54 Å². The molecule has 1 saturated heterocycles. The van der Waals surface area contributed by atoms with Gasteiger partial charge < -0.3 is 10.4 Å². The van der Waals surface area contributed by atoms with E-state index in [-0.39, 0.29) is 6.04 Å². The second kappa shape index (κ2) is 4.03. The summed E-state index contributed by atoms with van der Waals surface area (Å²) in [5, 5.41) is 13.9. The minimum Gasteiger partial charge on any atom is -0.384 e. The standard InChI is InChI=1S/C12H21NO/c1-12(14,11-8-5-9-13-11)10-6-3-2-4-7-10/h6,11,13-14H,2-5,7-9H2,1H3. The Labute approximate surface area is 86.4 Å². The average Bonchev–Trinajstić information content (AvgIpc) is 2.72. The molecule has 0 saturated carbocycles. The third-order valence-corrected chi connectivity index (χ3v) is 3.68. The Hall–Kier alpha value is -0.340. The first kappa shape index (κ1) is 10.2. The van der Waals surface area contributed by atoms with Gasteiger partial charge in [0.15, 0.2) is 0 Å². The van der Waals surface area contributed by atoms with Crippen LogP contribution >= 0.6 is 0 Å². The zero-order chi connectivity index (χ0) is 10.0. The van der Waals surface area contributed by atoms with Gasteiger partial charge in [0.1, 0.15) is 0 Å². The SMILES string of the molecule is CC(O)(C1=CCCCC1)C1CCCN1. The molecule has 2 rings (SSSR count). The Morgan fingerprint density at radius 2 is 2.29 bits per heavy atom. The Bertz CT molecular complexity index is 226. The highest BCUT2D eigenvalue weighted by atomic mass is 16.3. The molecule has 80 valence electrons. The van der Waals surface area contributed by atoms with Crippen LogP contribution in [0.5, 0.6) is 0 Å². The Kier molecular flexibility index (Phi) is 2.93. The van der Waals surface area contributed by atoms with Gasteiger partial charge in [0.25, 0.3) is 0 Å². The highest BCUT2D eigenvalue weighted by molar-refractivity contribution is 5.21. The third-order valence-electron chi connectivity index (χ3n) is 3.68. The zero-order valence-corrected chi connectivity index (χ0v) is 9.05. The van der Waals surface area contributed by atoms with Crippen molar-refractivity contribution in [1.29, 1.82) is 0 Å². The third kappa shape index (κ3) is 1.86. The summed E-state index contributed by atoms with van der Waals surface area (Å²) in [6.07, 6.45) is 9.34. The van der Waals surface area contributed by atoms with Crippen molar-refractivity contribution in [1.82, 2.24) is 5.32 Å². The lowest BCUT2D eigenvalue weighted by Gasteiger charge is -2.34. The maximum Gasteiger partial charge on any atom is 0.0981 e. The van der Waals surface area contributed by atoms with Crippen molar-refractivity contribution in [3.05, 3.63) is 11.6 Å². The molecule has 0 aromatic rings. The molecule has 2 nitrogen and oxygen atoms in total. The molecule has 0 bridgehead atoms. The van der Waals surface area contributed by atoms with E-state index in [1.165, 1.54) is 24.8 Å². The van der Waals surface area contributed by atoms with Crippen molar-refractivity contribution in [2.45, 2.75) is 57.1 Å². The molecule has 2 N–H and O–H groups in total. The topological polar surface area (TPSA) is 32.3 Å². The molecule has 14 heavy (non-hydrogen) atoms. The van der Waals surface area contributed by atoms with Gasteiger partial charge in [-0.2, -0.15) is 0 Å². The second-order valence-corrected chi connectivity index (χ2v) is 4.77. The number of aliphatic hydroxyl groups is 1. The van der Waals surface area contributed by atoms with E-state index in [2.05, 4.69) is 11.4 Å². The first-order valence-electron chi connectivity index (χ1n) is 5.86. The molecular formula is C12H21NO. The van der Waals surface area contributed by atoms with E-state index in [9.17, 15) is 5.11 Å². The largest absolute Gasteiger partial charge is 0.384 e. The fourth-order valence-electron chi connectivity index (χ4n) is 2.69. The van der Waals surface area contributed by atoms with Gasteiger partial charge in [-0.3, -0.25) is 0 Å². The van der Waals surface area contributed by atoms with Crippen LogP contribution in [0.4, 0.5) is 0 Å². The van der Waals surface area contributed by atoms with Crippen molar-refractivity contribution in [2.24, 2.45) is 0 Å². The normalized spacial score (nSPS) is 32.4. The number of hydrogen-bond donors (Lipinski definition) is 2. The Balaban J connectivity index is 2.08. The molecular weight excluding hydrogens is 174 g/mol. The Morgan fingerprint density at radius 3 is 2.86 bits per heavy atom. The molecule has 2 aliphatic rings. The van der Waals surface area contributed by atoms with Gasteiger partial charge in [0.2, 0.25) is 0 Å². The van der Waals surface area contributed by atoms with E-state index in [4.69, 9.17) is 0 Å². The quantitative estimate of drug-likeness (QED) is 0.660. The Morgan fingerprint density at radius 1 is 1.43 bits per heavy atom. The molecule has 0 radical (unpaired) electrons. The molecule has 2 heteroatoms. The summed E-state index contributed by atoms with van der Waals surface area (Å²) in [6, 6.07) is 0.284. The molecule has 2 unspecified atom stereocenters. The minimum absolute atomic E-state index is 0.284. The molecule has 1 aliphatic carbocycles. The van der Waals surface area contributed by atoms with Gasteiger partial charge >= 0.3 is 0 Å². The number of rotatable bonds is 2. The van der Waals surface area contributed by atoms with Crippen LogP contribution in [0.15, 0.2) is 11.6 Å². The van der Waals surface area contributed by atoms with Crippen LogP contribution in [0.3, 0.4) is 0 Å². The van der Waals surface area contributed by atoms with Gasteiger partial charge in [-0.25, -0.2) is 0 Å². The monoisotopic (exact) mass is 195 g/mol. The van der Waals surface area contributed by atoms with Gasteiger partial charge in [-0.1, -0.05) is 6.08 Å². The van der Waals surface area contributed by atoms with E-state index in [0.29, 0.717) is 0 Å². The van der Waals surface area contributed by atoms with E-state index in [1.807, 2.05) is 6.92 Å². The van der Waals surface area contributed by atoms with Crippen LogP contribution in [-0.2, 0) is 0 Å². The van der Waals surface area contributed by atoms with E-state index in [1.54, 1.807) is 0 Å². The van der Waals surface area contributed by atoms with Crippen molar-refractivity contribution in [3.63, 3.8) is 0 Å². The summed E-state index contributed by atoms with van der Waals surface area (Å²) in [5.41, 5.74) is 0.667. The van der Waals surface area contributed by atoms with Crippen LogP contribution in [0.1, 0.15) is 45.4 Å². The first-order valence-corrected chi connectivity index (χ1v) is 5.86. The molecule has 1 heterocycles. The van der Waals surface area contributed by atoms with E-state index < -0.39 is 5.60 Å². The van der Waals surface area contributed by atoms with E-state index >= 15 is 0 Å². The van der Waals surface area contributed by atoms with Crippen molar-refractivity contribution >= 4 is 0 Å². The zero-order valence-electron chi connectivity index (χ0n) is 9.05. The predicted octanol–water partition coefficient (Wildman–Crippen LogP) is 1.99. The second-order valence-electron chi connectivity index (χ2n) is 4.77. The number of allylic oxidation sites excluding steroid dienone is 1. The lowest BCUT2D eigenvalue weighted by Crippen LogP contribution is -2.47. The van der Waals surface area contributed by atoms with Gasteiger partial charge in [0.05, 0.1) is 5.60 Å². The number of nitrogens with one attached hydrogen (secondary N) is 1. The molecule has 0 aromatic carbocycles. The summed E-state index contributed by atoms with van der Waals surface area (Å²) in [7, 11) is 0. The molecule has 1 fully saturated rings. The smallest absolute Gasteiger partial charge is 0.0981 e. The summed E-state index contributed by atoms with van der Waals surface area (Å²) < 4.78 is 0. The first-order chi connectivity index (χ1) is 6.71. The van der Waals surface area contributed by atoms with Crippen LogP contribution in [0, 0.1) is 0 Å².